The van der Waals surface area contributed by atoms with E-state index in [0.717, 1.165) is 4.90 Å². The Morgan fingerprint density at radius 3 is 2.53 bits per heavy atom. The highest BCUT2D eigenvalue weighted by atomic mass is 32.2. The Labute approximate surface area is 189 Å². The van der Waals surface area contributed by atoms with E-state index in [1.807, 2.05) is 18.2 Å². The molecule has 0 radical (unpaired) electrons. The van der Waals surface area contributed by atoms with Crippen LogP contribution in [0.4, 0.5) is 11.4 Å². The fourth-order valence-electron chi connectivity index (χ4n) is 3.86. The molecule has 2 aromatic rings. The maximum Gasteiger partial charge on any atom is 0.344 e. The maximum atomic E-state index is 13.2. The van der Waals surface area contributed by atoms with E-state index in [2.05, 4.69) is 0 Å². The molecule has 0 spiro atoms. The monoisotopic (exact) mass is 454 g/mol. The van der Waals surface area contributed by atoms with Crippen molar-refractivity contribution < 1.29 is 28.7 Å². The highest BCUT2D eigenvalue weighted by Gasteiger charge is 2.58. The van der Waals surface area contributed by atoms with Crippen LogP contribution in [0.2, 0.25) is 0 Å². The summed E-state index contributed by atoms with van der Waals surface area (Å²) in [5, 5.41) is 0. The topological polar surface area (TPSA) is 93.2 Å². The third kappa shape index (κ3) is 3.95. The zero-order chi connectivity index (χ0) is 22.7. The number of anilines is 2. The molecule has 0 aromatic heterocycles. The van der Waals surface area contributed by atoms with Crippen molar-refractivity contribution in [3.8, 4) is 0 Å². The molecule has 0 bridgehead atoms. The summed E-state index contributed by atoms with van der Waals surface area (Å²) in [6.07, 6.45) is 0.521. The molecule has 2 amide bonds. The predicted octanol–water partition coefficient (Wildman–Crippen LogP) is 2.75. The van der Waals surface area contributed by atoms with Crippen LogP contribution in [-0.4, -0.2) is 48.4 Å². The average molecular weight is 455 g/mol. The lowest BCUT2D eigenvalue weighted by molar-refractivity contribution is -0.150. The van der Waals surface area contributed by atoms with E-state index in [9.17, 15) is 19.2 Å². The molecule has 0 saturated carbocycles. The molecule has 2 aliphatic rings. The van der Waals surface area contributed by atoms with E-state index in [1.165, 1.54) is 21.6 Å². The summed E-state index contributed by atoms with van der Waals surface area (Å²) in [7, 11) is 0. The Kier molecular flexibility index (Phi) is 6.18. The number of benzene rings is 2. The summed E-state index contributed by atoms with van der Waals surface area (Å²) in [6, 6.07) is 15.9. The minimum atomic E-state index is -1.21. The third-order valence-electron chi connectivity index (χ3n) is 5.28. The number of rotatable bonds is 7. The number of amides is 2. The van der Waals surface area contributed by atoms with Gasteiger partial charge in [-0.25, -0.2) is 4.79 Å². The highest BCUT2D eigenvalue weighted by Crippen LogP contribution is 2.56. The van der Waals surface area contributed by atoms with E-state index in [0.29, 0.717) is 17.8 Å². The molecule has 8 nitrogen and oxygen atoms in total. The zero-order valence-electron chi connectivity index (χ0n) is 17.5. The number of hydrogen-bond donors (Lipinski definition) is 0. The van der Waals surface area contributed by atoms with Gasteiger partial charge in [-0.15, -0.1) is 0 Å². The van der Waals surface area contributed by atoms with Crippen LogP contribution in [0.1, 0.15) is 19.8 Å². The largest absolute Gasteiger partial charge is 0.465 e. The first-order valence-corrected chi connectivity index (χ1v) is 11.1. The second-order valence-corrected chi connectivity index (χ2v) is 8.60. The van der Waals surface area contributed by atoms with Gasteiger partial charge in [0.25, 0.3) is 5.91 Å². The minimum absolute atomic E-state index is 0.154. The summed E-state index contributed by atoms with van der Waals surface area (Å²) in [5.74, 6) is -1.93. The molecule has 1 fully saturated rings. The molecular weight excluding hydrogens is 432 g/mol. The lowest BCUT2D eigenvalue weighted by atomic mass is 10.2. The van der Waals surface area contributed by atoms with Crippen LogP contribution in [0, 0.1) is 0 Å². The van der Waals surface area contributed by atoms with Crippen LogP contribution in [0.3, 0.4) is 0 Å². The van der Waals surface area contributed by atoms with Gasteiger partial charge in [-0.05, 0) is 31.2 Å². The molecular formula is C23H22N2O6S. The molecule has 166 valence electrons. The second kappa shape index (κ2) is 9.04. The summed E-state index contributed by atoms with van der Waals surface area (Å²) < 4.78 is 10.4. The molecule has 2 aromatic carbocycles. The average Bonchev–Trinajstić information content (AvgIpc) is 3.32. The number of para-hydroxylation sites is 2. The van der Waals surface area contributed by atoms with Crippen molar-refractivity contribution in [1.29, 1.82) is 0 Å². The van der Waals surface area contributed by atoms with Crippen LogP contribution in [-0.2, 0) is 28.7 Å². The van der Waals surface area contributed by atoms with E-state index >= 15 is 0 Å². The Balaban J connectivity index is 1.49. The van der Waals surface area contributed by atoms with Crippen molar-refractivity contribution in [3.63, 3.8) is 0 Å². The van der Waals surface area contributed by atoms with Gasteiger partial charge >= 0.3 is 11.9 Å². The molecule has 2 aliphatic heterocycles. The SMILES string of the molecule is CCOC(=O)CN(C(=O)COC(=O)C12CCC(=O)N1c1ccccc1S2)c1ccccc1. The van der Waals surface area contributed by atoms with Gasteiger partial charge in [0.15, 0.2) is 11.5 Å². The molecule has 4 rings (SSSR count). The van der Waals surface area contributed by atoms with Gasteiger partial charge in [0.1, 0.15) is 6.54 Å². The summed E-state index contributed by atoms with van der Waals surface area (Å²) >= 11 is 1.27. The molecule has 1 unspecified atom stereocenters. The number of fused-ring (bicyclic) bond motifs is 3. The zero-order valence-corrected chi connectivity index (χ0v) is 18.3. The summed E-state index contributed by atoms with van der Waals surface area (Å²) in [5.41, 5.74) is 1.16. The number of ether oxygens (including phenoxy) is 2. The molecule has 0 N–H and O–H groups in total. The van der Waals surface area contributed by atoms with Crippen molar-refractivity contribution >= 4 is 46.9 Å². The standard InChI is InChI=1S/C23H22N2O6S/c1-2-30-21(28)14-24(16-8-4-3-5-9-16)20(27)15-31-22(29)23-13-12-19(26)25(23)17-10-6-7-11-18(17)32-23/h3-11H,2,12-15H2,1H3. The van der Waals surface area contributed by atoms with Crippen molar-refractivity contribution in [2.24, 2.45) is 0 Å². The van der Waals surface area contributed by atoms with E-state index < -0.39 is 29.3 Å². The van der Waals surface area contributed by atoms with Crippen molar-refractivity contribution in [2.45, 2.75) is 29.5 Å². The Hall–Kier alpha value is -3.33. The van der Waals surface area contributed by atoms with Gasteiger partial charge in [-0.3, -0.25) is 24.2 Å². The van der Waals surface area contributed by atoms with Gasteiger partial charge in [-0.2, -0.15) is 0 Å². The number of esters is 2. The lowest BCUT2D eigenvalue weighted by Crippen LogP contribution is -2.49. The summed E-state index contributed by atoms with van der Waals surface area (Å²) in [4.78, 5) is 52.9. The van der Waals surface area contributed by atoms with Gasteiger partial charge in [0.05, 0.1) is 12.3 Å². The quantitative estimate of drug-likeness (QED) is 0.594. The van der Waals surface area contributed by atoms with Gasteiger partial charge in [0, 0.05) is 23.4 Å². The lowest BCUT2D eigenvalue weighted by Gasteiger charge is -2.29. The first-order valence-electron chi connectivity index (χ1n) is 10.3. The summed E-state index contributed by atoms with van der Waals surface area (Å²) in [6.45, 7) is 1.01. The Bertz CT molecular complexity index is 1060. The highest BCUT2D eigenvalue weighted by molar-refractivity contribution is 8.02. The van der Waals surface area contributed by atoms with E-state index in [1.54, 1.807) is 43.3 Å². The fraction of sp³-hybridized carbons (Fsp3) is 0.304. The van der Waals surface area contributed by atoms with E-state index in [4.69, 9.17) is 9.47 Å². The Morgan fingerprint density at radius 2 is 1.78 bits per heavy atom. The van der Waals surface area contributed by atoms with Crippen LogP contribution < -0.4 is 9.80 Å². The predicted molar refractivity (Wildman–Crippen MR) is 118 cm³/mol. The smallest absolute Gasteiger partial charge is 0.344 e. The molecule has 1 saturated heterocycles. The second-order valence-electron chi connectivity index (χ2n) is 7.28. The van der Waals surface area contributed by atoms with E-state index in [-0.39, 0.29) is 25.5 Å². The Morgan fingerprint density at radius 1 is 1.06 bits per heavy atom. The number of thioether (sulfide) groups is 1. The minimum Gasteiger partial charge on any atom is -0.465 e. The number of hydrogen-bond acceptors (Lipinski definition) is 7. The van der Waals surface area contributed by atoms with Gasteiger partial charge in [0.2, 0.25) is 5.91 Å². The first kappa shape index (κ1) is 21.9. The van der Waals surface area contributed by atoms with Crippen molar-refractivity contribution in [1.82, 2.24) is 0 Å². The normalized spacial score (nSPS) is 18.7. The van der Waals surface area contributed by atoms with Gasteiger partial charge in [-0.1, -0.05) is 42.1 Å². The molecule has 0 aliphatic carbocycles. The third-order valence-corrected chi connectivity index (χ3v) is 6.74. The van der Waals surface area contributed by atoms with Crippen LogP contribution >= 0.6 is 11.8 Å². The number of carbonyl (C=O) groups is 4. The van der Waals surface area contributed by atoms with Crippen molar-refractivity contribution in [2.75, 3.05) is 29.6 Å². The first-order chi connectivity index (χ1) is 15.5. The maximum absolute atomic E-state index is 13.2. The van der Waals surface area contributed by atoms with Crippen LogP contribution in [0.15, 0.2) is 59.5 Å². The number of nitrogens with zero attached hydrogens (tertiary/aromatic N) is 2. The number of carbonyl (C=O) groups excluding carboxylic acids is 4. The van der Waals surface area contributed by atoms with Crippen molar-refractivity contribution in [3.05, 3.63) is 54.6 Å². The van der Waals surface area contributed by atoms with Crippen LogP contribution in [0.25, 0.3) is 0 Å². The molecule has 32 heavy (non-hydrogen) atoms. The molecule has 2 heterocycles. The fourth-order valence-corrected chi connectivity index (χ4v) is 5.27. The van der Waals surface area contributed by atoms with Crippen LogP contribution in [0.5, 0.6) is 0 Å². The molecule has 9 heteroatoms. The van der Waals surface area contributed by atoms with Gasteiger partial charge < -0.3 is 9.47 Å². The molecule has 1 atom stereocenters.